The highest BCUT2D eigenvalue weighted by Gasteiger charge is 2.05. The lowest BCUT2D eigenvalue weighted by atomic mass is 10.2. The van der Waals surface area contributed by atoms with E-state index >= 15 is 0 Å². The lowest BCUT2D eigenvalue weighted by Gasteiger charge is -2.19. The van der Waals surface area contributed by atoms with Crippen molar-refractivity contribution < 1.29 is 0 Å². The maximum atomic E-state index is 4.38. The monoisotopic (exact) mass is 334 g/mol. The molecule has 0 amide bonds. The van der Waals surface area contributed by atoms with Crippen LogP contribution in [0, 0.1) is 6.92 Å². The number of nitrogens with zero attached hydrogens (tertiary/aromatic N) is 2. The van der Waals surface area contributed by atoms with E-state index in [0.717, 1.165) is 23.3 Å². The van der Waals surface area contributed by atoms with Gasteiger partial charge in [0.25, 0.3) is 0 Å². The van der Waals surface area contributed by atoms with E-state index in [-0.39, 0.29) is 0 Å². The molecule has 0 spiro atoms. The second-order valence-electron chi connectivity index (χ2n) is 3.78. The van der Waals surface area contributed by atoms with Crippen LogP contribution >= 0.6 is 31.9 Å². The summed E-state index contributed by atoms with van der Waals surface area (Å²) in [5, 5.41) is 0. The number of pyridine rings is 1. The summed E-state index contributed by atoms with van der Waals surface area (Å²) in [7, 11) is 2.07. The molecular weight excluding hydrogens is 320 g/mol. The average Bonchev–Trinajstić information content (AvgIpc) is 2.18. The first-order valence-corrected chi connectivity index (χ1v) is 6.69. The van der Waals surface area contributed by atoms with Crippen molar-refractivity contribution in [2.24, 2.45) is 0 Å². The van der Waals surface area contributed by atoms with Gasteiger partial charge in [0.1, 0.15) is 5.82 Å². The molecule has 1 aromatic heterocycles. The molecule has 1 unspecified atom stereocenters. The number of halogens is 2. The molecule has 0 bridgehead atoms. The van der Waals surface area contributed by atoms with E-state index in [1.165, 1.54) is 5.56 Å². The zero-order valence-corrected chi connectivity index (χ0v) is 12.5. The molecule has 0 saturated carbocycles. The van der Waals surface area contributed by atoms with Crippen LogP contribution in [-0.4, -0.2) is 23.4 Å². The van der Waals surface area contributed by atoms with Crippen LogP contribution in [0.25, 0.3) is 0 Å². The summed E-state index contributed by atoms with van der Waals surface area (Å²) in [6, 6.07) is 2.10. The topological polar surface area (TPSA) is 16.1 Å². The van der Waals surface area contributed by atoms with Crippen molar-refractivity contribution >= 4 is 37.7 Å². The Morgan fingerprint density at radius 2 is 2.20 bits per heavy atom. The molecule has 0 aliphatic rings. The van der Waals surface area contributed by atoms with Gasteiger partial charge in [0.2, 0.25) is 0 Å². The van der Waals surface area contributed by atoms with Crippen LogP contribution in [0.4, 0.5) is 5.82 Å². The fourth-order valence-electron chi connectivity index (χ4n) is 1.22. The summed E-state index contributed by atoms with van der Waals surface area (Å²) in [4.78, 5) is 7.11. The molecule has 0 N–H and O–H groups in total. The van der Waals surface area contributed by atoms with Crippen LogP contribution in [0.1, 0.15) is 18.9 Å². The second kappa shape index (κ2) is 5.85. The molecular formula is C11H16Br2N2. The summed E-state index contributed by atoms with van der Waals surface area (Å²) in [6.45, 7) is 5.25. The second-order valence-corrected chi connectivity index (χ2v) is 6.20. The summed E-state index contributed by atoms with van der Waals surface area (Å²) < 4.78 is 1.06. The molecule has 4 heteroatoms. The normalized spacial score (nSPS) is 12.6. The molecule has 1 heterocycles. The van der Waals surface area contributed by atoms with Gasteiger partial charge < -0.3 is 4.90 Å². The van der Waals surface area contributed by atoms with E-state index in [0.29, 0.717) is 4.83 Å². The van der Waals surface area contributed by atoms with Crippen molar-refractivity contribution in [2.45, 2.75) is 25.1 Å². The Balaban J connectivity index is 2.65. The number of aryl methyl sites for hydroxylation is 1. The first-order chi connectivity index (χ1) is 7.00. The molecule has 0 radical (unpaired) electrons. The number of hydrogen-bond donors (Lipinski definition) is 0. The first-order valence-electron chi connectivity index (χ1n) is 4.98. The van der Waals surface area contributed by atoms with Gasteiger partial charge in [-0.1, -0.05) is 22.9 Å². The Hall–Kier alpha value is -0.0900. The number of alkyl halides is 1. The zero-order chi connectivity index (χ0) is 11.4. The molecule has 0 saturated heterocycles. The fourth-order valence-corrected chi connectivity index (χ4v) is 1.64. The summed E-state index contributed by atoms with van der Waals surface area (Å²) in [5.74, 6) is 1.03. The van der Waals surface area contributed by atoms with Gasteiger partial charge in [-0.2, -0.15) is 0 Å². The quantitative estimate of drug-likeness (QED) is 0.779. The van der Waals surface area contributed by atoms with E-state index in [2.05, 4.69) is 68.7 Å². The Bertz CT molecular complexity index is 326. The molecule has 0 aromatic carbocycles. The number of anilines is 1. The van der Waals surface area contributed by atoms with Crippen LogP contribution in [-0.2, 0) is 0 Å². The first kappa shape index (κ1) is 13.0. The van der Waals surface area contributed by atoms with Gasteiger partial charge in [0.05, 0.1) is 0 Å². The third-order valence-corrected chi connectivity index (χ3v) is 3.57. The lowest BCUT2D eigenvalue weighted by Crippen LogP contribution is -2.21. The molecule has 0 fully saturated rings. The standard InChI is InChI=1S/C11H16Br2N2/c1-8-6-11(14-7-10(8)13)15(3)5-4-9(2)12/h6-7,9H,4-5H2,1-3H3. The maximum absolute atomic E-state index is 4.38. The maximum Gasteiger partial charge on any atom is 0.128 e. The van der Waals surface area contributed by atoms with E-state index in [1.54, 1.807) is 0 Å². The minimum atomic E-state index is 0.552. The largest absolute Gasteiger partial charge is 0.360 e. The molecule has 84 valence electrons. The SMILES string of the molecule is Cc1cc(N(C)CCC(C)Br)ncc1Br. The minimum Gasteiger partial charge on any atom is -0.360 e. The molecule has 1 atom stereocenters. The summed E-state index contributed by atoms with van der Waals surface area (Å²) in [5.41, 5.74) is 1.22. The van der Waals surface area contributed by atoms with Gasteiger partial charge in [-0.25, -0.2) is 4.98 Å². The van der Waals surface area contributed by atoms with Crippen LogP contribution in [0.15, 0.2) is 16.7 Å². The third-order valence-electron chi connectivity index (χ3n) is 2.29. The minimum absolute atomic E-state index is 0.552. The van der Waals surface area contributed by atoms with Crippen molar-refractivity contribution in [1.82, 2.24) is 4.98 Å². The molecule has 1 rings (SSSR count). The van der Waals surface area contributed by atoms with Gasteiger partial charge in [-0.3, -0.25) is 0 Å². The zero-order valence-electron chi connectivity index (χ0n) is 9.30. The van der Waals surface area contributed by atoms with E-state index in [4.69, 9.17) is 0 Å². The number of aromatic nitrogens is 1. The van der Waals surface area contributed by atoms with E-state index in [9.17, 15) is 0 Å². The highest BCUT2D eigenvalue weighted by molar-refractivity contribution is 9.10. The molecule has 2 nitrogen and oxygen atoms in total. The van der Waals surface area contributed by atoms with Gasteiger partial charge in [-0.05, 0) is 40.9 Å². The van der Waals surface area contributed by atoms with Gasteiger partial charge in [-0.15, -0.1) is 0 Å². The summed E-state index contributed by atoms with van der Waals surface area (Å²) in [6.07, 6.45) is 2.98. The number of hydrogen-bond acceptors (Lipinski definition) is 2. The van der Waals surface area contributed by atoms with Gasteiger partial charge in [0.15, 0.2) is 0 Å². The lowest BCUT2D eigenvalue weighted by molar-refractivity contribution is 0.778. The third kappa shape index (κ3) is 4.11. The highest BCUT2D eigenvalue weighted by atomic mass is 79.9. The Labute approximate surface area is 108 Å². The van der Waals surface area contributed by atoms with Crippen molar-refractivity contribution in [1.29, 1.82) is 0 Å². The number of rotatable bonds is 4. The molecule has 1 aromatic rings. The molecule has 15 heavy (non-hydrogen) atoms. The summed E-state index contributed by atoms with van der Waals surface area (Å²) >= 11 is 7.00. The van der Waals surface area contributed by atoms with E-state index < -0.39 is 0 Å². The predicted molar refractivity (Wildman–Crippen MR) is 73.0 cm³/mol. The average molecular weight is 336 g/mol. The van der Waals surface area contributed by atoms with Gasteiger partial charge >= 0.3 is 0 Å². The van der Waals surface area contributed by atoms with Crippen molar-refractivity contribution in [3.8, 4) is 0 Å². The van der Waals surface area contributed by atoms with Crippen LogP contribution in [0.2, 0.25) is 0 Å². The van der Waals surface area contributed by atoms with Crippen molar-refractivity contribution in [3.05, 3.63) is 22.3 Å². The smallest absolute Gasteiger partial charge is 0.128 e. The fraction of sp³-hybridized carbons (Fsp3) is 0.545. The van der Waals surface area contributed by atoms with Crippen LogP contribution in [0.5, 0.6) is 0 Å². The Morgan fingerprint density at radius 3 is 2.73 bits per heavy atom. The van der Waals surface area contributed by atoms with Crippen LogP contribution < -0.4 is 4.90 Å². The predicted octanol–water partition coefficient (Wildman–Crippen LogP) is 3.76. The van der Waals surface area contributed by atoms with Gasteiger partial charge in [0, 0.05) is 29.1 Å². The van der Waals surface area contributed by atoms with Crippen molar-refractivity contribution in [3.63, 3.8) is 0 Å². The molecule has 0 aliphatic carbocycles. The van der Waals surface area contributed by atoms with E-state index in [1.807, 2.05) is 6.20 Å². The molecule has 0 aliphatic heterocycles. The van der Waals surface area contributed by atoms with Crippen LogP contribution in [0.3, 0.4) is 0 Å². The highest BCUT2D eigenvalue weighted by Crippen LogP contribution is 2.19. The Morgan fingerprint density at radius 1 is 1.53 bits per heavy atom. The Kier molecular flexibility index (Phi) is 5.06. The van der Waals surface area contributed by atoms with Crippen molar-refractivity contribution in [2.75, 3.05) is 18.5 Å².